The number of hydrogen-bond donors (Lipinski definition) is 0. The Labute approximate surface area is 186 Å². The molecule has 162 valence electrons. The summed E-state index contributed by atoms with van der Waals surface area (Å²) in [6.45, 7) is 6.77. The molecule has 0 bridgehead atoms. The standard InChI is InChI=1S/C22H25ClN6O2/c1-15-21(23)16(2)29(26-15)20(14-30)28-10-8-27(9-11-28)19-7-5-4-6-18(19)17-12-24-22(31-3)25-13-17/h4-7,12-14,20H,8-11H2,1-3H3. The second-order valence-electron chi connectivity index (χ2n) is 7.48. The number of carbonyl (C=O) groups excluding carboxylic acids is 1. The largest absolute Gasteiger partial charge is 0.467 e. The predicted molar refractivity (Wildman–Crippen MR) is 120 cm³/mol. The minimum absolute atomic E-state index is 0.346. The number of methoxy groups -OCH3 is 1. The van der Waals surface area contributed by atoms with Crippen molar-refractivity contribution in [3.63, 3.8) is 0 Å². The van der Waals surface area contributed by atoms with Crippen molar-refractivity contribution >= 4 is 23.6 Å². The minimum Gasteiger partial charge on any atom is -0.467 e. The second-order valence-corrected chi connectivity index (χ2v) is 7.86. The van der Waals surface area contributed by atoms with Gasteiger partial charge in [-0.05, 0) is 19.9 Å². The fraction of sp³-hybridized carbons (Fsp3) is 0.364. The van der Waals surface area contributed by atoms with E-state index in [4.69, 9.17) is 16.3 Å². The molecule has 3 aromatic rings. The molecule has 8 nitrogen and oxygen atoms in total. The average Bonchev–Trinajstić information content (AvgIpc) is 3.07. The first-order valence-electron chi connectivity index (χ1n) is 10.1. The third-order valence-corrected chi connectivity index (χ3v) is 6.21. The number of piperazine rings is 1. The summed E-state index contributed by atoms with van der Waals surface area (Å²) in [6, 6.07) is 8.56. The van der Waals surface area contributed by atoms with Gasteiger partial charge < -0.3 is 9.64 Å². The average molecular weight is 441 g/mol. The second kappa shape index (κ2) is 9.03. The summed E-state index contributed by atoms with van der Waals surface area (Å²) in [6.07, 6.45) is 4.03. The Morgan fingerprint density at radius 1 is 1.10 bits per heavy atom. The van der Waals surface area contributed by atoms with E-state index in [0.29, 0.717) is 11.0 Å². The molecule has 0 radical (unpaired) electrons. The van der Waals surface area contributed by atoms with E-state index in [9.17, 15) is 4.79 Å². The fourth-order valence-corrected chi connectivity index (χ4v) is 4.10. The number of halogens is 1. The lowest BCUT2D eigenvalue weighted by atomic mass is 10.1. The number of nitrogens with zero attached hydrogens (tertiary/aromatic N) is 6. The van der Waals surface area contributed by atoms with Crippen molar-refractivity contribution in [2.24, 2.45) is 0 Å². The van der Waals surface area contributed by atoms with Gasteiger partial charge in [0.2, 0.25) is 0 Å². The van der Waals surface area contributed by atoms with Crippen LogP contribution in [-0.4, -0.2) is 64.2 Å². The number of para-hydroxylation sites is 1. The summed E-state index contributed by atoms with van der Waals surface area (Å²) in [7, 11) is 1.55. The van der Waals surface area contributed by atoms with Gasteiger partial charge in [-0.1, -0.05) is 29.8 Å². The number of rotatable bonds is 6. The van der Waals surface area contributed by atoms with Crippen molar-refractivity contribution in [1.82, 2.24) is 24.6 Å². The van der Waals surface area contributed by atoms with E-state index >= 15 is 0 Å². The molecule has 0 spiro atoms. The predicted octanol–water partition coefficient (Wildman–Crippen LogP) is 3.14. The molecule has 31 heavy (non-hydrogen) atoms. The maximum atomic E-state index is 11.9. The molecule has 0 saturated carbocycles. The fourth-order valence-electron chi connectivity index (χ4n) is 3.98. The Morgan fingerprint density at radius 3 is 2.35 bits per heavy atom. The normalized spacial score (nSPS) is 15.7. The van der Waals surface area contributed by atoms with Crippen molar-refractivity contribution in [3.8, 4) is 17.1 Å². The van der Waals surface area contributed by atoms with Crippen LogP contribution in [0.5, 0.6) is 6.01 Å². The highest BCUT2D eigenvalue weighted by Gasteiger charge is 2.28. The van der Waals surface area contributed by atoms with Gasteiger partial charge in [-0.2, -0.15) is 5.10 Å². The van der Waals surface area contributed by atoms with E-state index in [1.807, 2.05) is 26.0 Å². The number of benzene rings is 1. The molecular formula is C22H25ClN6O2. The van der Waals surface area contributed by atoms with E-state index in [2.05, 4.69) is 37.0 Å². The minimum atomic E-state index is -0.460. The quantitative estimate of drug-likeness (QED) is 0.545. The summed E-state index contributed by atoms with van der Waals surface area (Å²) < 4.78 is 6.79. The highest BCUT2D eigenvalue weighted by atomic mass is 35.5. The van der Waals surface area contributed by atoms with Gasteiger partial charge in [0, 0.05) is 55.4 Å². The SMILES string of the molecule is COc1ncc(-c2ccccc2N2CCN(C(C=O)n3nc(C)c(Cl)c3C)CC2)cn1. The Bertz CT molecular complexity index is 1060. The van der Waals surface area contributed by atoms with Crippen molar-refractivity contribution < 1.29 is 9.53 Å². The van der Waals surface area contributed by atoms with E-state index < -0.39 is 6.17 Å². The third-order valence-electron chi connectivity index (χ3n) is 5.66. The smallest absolute Gasteiger partial charge is 0.316 e. The van der Waals surface area contributed by atoms with E-state index in [-0.39, 0.29) is 0 Å². The van der Waals surface area contributed by atoms with Gasteiger partial charge in [0.25, 0.3) is 0 Å². The molecule has 1 atom stereocenters. The first-order chi connectivity index (χ1) is 15.0. The Kier molecular flexibility index (Phi) is 6.20. The van der Waals surface area contributed by atoms with Crippen molar-refractivity contribution in [2.75, 3.05) is 38.2 Å². The number of aromatic nitrogens is 4. The van der Waals surface area contributed by atoms with Gasteiger partial charge >= 0.3 is 6.01 Å². The monoisotopic (exact) mass is 440 g/mol. The van der Waals surface area contributed by atoms with Crippen LogP contribution < -0.4 is 9.64 Å². The van der Waals surface area contributed by atoms with Gasteiger partial charge in [-0.15, -0.1) is 0 Å². The lowest BCUT2D eigenvalue weighted by Crippen LogP contribution is -2.49. The molecule has 1 aromatic carbocycles. The van der Waals surface area contributed by atoms with Gasteiger partial charge in [0.05, 0.1) is 23.5 Å². The molecular weight excluding hydrogens is 416 g/mol. The number of aryl methyl sites for hydroxylation is 1. The molecule has 4 rings (SSSR count). The van der Waals surface area contributed by atoms with Crippen LogP contribution in [-0.2, 0) is 4.79 Å². The highest BCUT2D eigenvalue weighted by Crippen LogP contribution is 2.32. The molecule has 1 saturated heterocycles. The topological polar surface area (TPSA) is 76.4 Å². The zero-order chi connectivity index (χ0) is 22.0. The molecule has 1 aliphatic heterocycles. The van der Waals surface area contributed by atoms with Crippen molar-refractivity contribution in [3.05, 3.63) is 53.1 Å². The molecule has 1 aliphatic rings. The number of ether oxygens (including phenoxy) is 1. The maximum absolute atomic E-state index is 11.9. The van der Waals surface area contributed by atoms with Crippen LogP contribution in [0.25, 0.3) is 11.1 Å². The molecule has 1 fully saturated rings. The van der Waals surface area contributed by atoms with Gasteiger partial charge in [0.1, 0.15) is 0 Å². The zero-order valence-corrected chi connectivity index (χ0v) is 18.6. The van der Waals surface area contributed by atoms with Crippen LogP contribution in [0, 0.1) is 13.8 Å². The van der Waals surface area contributed by atoms with Crippen molar-refractivity contribution in [2.45, 2.75) is 20.0 Å². The zero-order valence-electron chi connectivity index (χ0n) is 17.8. The Morgan fingerprint density at radius 2 is 1.77 bits per heavy atom. The Balaban J connectivity index is 1.52. The lowest BCUT2D eigenvalue weighted by Gasteiger charge is -2.39. The van der Waals surface area contributed by atoms with Gasteiger partial charge in [0.15, 0.2) is 12.5 Å². The van der Waals surface area contributed by atoms with Crippen LogP contribution in [0.4, 0.5) is 5.69 Å². The first-order valence-corrected chi connectivity index (χ1v) is 10.5. The number of carbonyl (C=O) groups is 1. The van der Waals surface area contributed by atoms with E-state index in [0.717, 1.165) is 60.7 Å². The summed E-state index contributed by atoms with van der Waals surface area (Å²) in [4.78, 5) is 24.9. The summed E-state index contributed by atoms with van der Waals surface area (Å²) in [5, 5.41) is 5.09. The van der Waals surface area contributed by atoms with E-state index in [1.54, 1.807) is 24.2 Å². The maximum Gasteiger partial charge on any atom is 0.316 e. The summed E-state index contributed by atoms with van der Waals surface area (Å²) in [5.41, 5.74) is 4.66. The molecule has 9 heteroatoms. The van der Waals surface area contributed by atoms with Crippen molar-refractivity contribution in [1.29, 1.82) is 0 Å². The molecule has 0 amide bonds. The van der Waals surface area contributed by atoms with Crippen LogP contribution in [0.2, 0.25) is 5.02 Å². The number of anilines is 1. The first kappa shape index (κ1) is 21.3. The summed E-state index contributed by atoms with van der Waals surface area (Å²) >= 11 is 6.29. The molecule has 0 aliphatic carbocycles. The van der Waals surface area contributed by atoms with Gasteiger partial charge in [-0.25, -0.2) is 14.6 Å². The Hall–Kier alpha value is -2.97. The van der Waals surface area contributed by atoms with Gasteiger partial charge in [-0.3, -0.25) is 9.69 Å². The van der Waals surface area contributed by atoms with Crippen LogP contribution >= 0.6 is 11.6 Å². The summed E-state index contributed by atoms with van der Waals surface area (Å²) in [5.74, 6) is 0. The molecule has 3 heterocycles. The molecule has 1 unspecified atom stereocenters. The highest BCUT2D eigenvalue weighted by molar-refractivity contribution is 6.31. The lowest BCUT2D eigenvalue weighted by molar-refractivity contribution is -0.116. The van der Waals surface area contributed by atoms with E-state index in [1.165, 1.54) is 0 Å². The number of aldehydes is 1. The molecule has 2 aromatic heterocycles. The van der Waals surface area contributed by atoms with Crippen LogP contribution in [0.1, 0.15) is 17.6 Å². The molecule has 0 N–H and O–H groups in total. The van der Waals surface area contributed by atoms with Crippen LogP contribution in [0.3, 0.4) is 0 Å². The number of hydrogen-bond acceptors (Lipinski definition) is 7. The van der Waals surface area contributed by atoms with Crippen LogP contribution in [0.15, 0.2) is 36.7 Å². The third kappa shape index (κ3) is 4.13.